The van der Waals surface area contributed by atoms with Crippen LogP contribution >= 0.6 is 22.6 Å². The number of Topliss-reactive ketones (excluding diaryl/α,β-unsaturated/α-hetero) is 1. The van der Waals surface area contributed by atoms with E-state index in [0.717, 1.165) is 23.3 Å². The third-order valence-corrected chi connectivity index (χ3v) is 6.17. The van der Waals surface area contributed by atoms with E-state index in [0.29, 0.717) is 6.61 Å². The summed E-state index contributed by atoms with van der Waals surface area (Å²) in [6.45, 7) is 6.57. The van der Waals surface area contributed by atoms with E-state index < -0.39 is 0 Å². The van der Waals surface area contributed by atoms with E-state index in [2.05, 4.69) is 47.7 Å². The first-order valence-corrected chi connectivity index (χ1v) is 10.1. The molecule has 132 valence electrons. The van der Waals surface area contributed by atoms with Crippen LogP contribution in [0, 0.1) is 10.5 Å². The van der Waals surface area contributed by atoms with Gasteiger partial charge in [0.25, 0.3) is 0 Å². The van der Waals surface area contributed by atoms with E-state index in [1.54, 1.807) is 6.92 Å². The van der Waals surface area contributed by atoms with E-state index in [1.165, 1.54) is 34.0 Å². The zero-order valence-corrected chi connectivity index (χ0v) is 17.4. The molecule has 2 aromatic rings. The Labute approximate surface area is 164 Å². The van der Waals surface area contributed by atoms with Gasteiger partial charge in [-0.2, -0.15) is 0 Å². The van der Waals surface area contributed by atoms with Gasteiger partial charge < -0.3 is 4.74 Å². The molecular weight excluding hydrogens is 423 g/mol. The van der Waals surface area contributed by atoms with Crippen LogP contribution in [0.15, 0.2) is 36.4 Å². The normalized spacial score (nSPS) is 19.4. The Morgan fingerprint density at radius 2 is 2.04 bits per heavy atom. The number of carbonyl (C=O) groups excluding carboxylic acids is 1. The average Bonchev–Trinajstić information content (AvgIpc) is 2.60. The van der Waals surface area contributed by atoms with Crippen molar-refractivity contribution >= 4 is 28.4 Å². The maximum absolute atomic E-state index is 11.5. The highest BCUT2D eigenvalue weighted by molar-refractivity contribution is 14.1. The van der Waals surface area contributed by atoms with Crippen LogP contribution in [0.5, 0.6) is 5.75 Å². The molecule has 25 heavy (non-hydrogen) atoms. The molecule has 0 amide bonds. The van der Waals surface area contributed by atoms with Crippen molar-refractivity contribution in [1.29, 1.82) is 0 Å². The SMILES string of the molecule is CC[C@]1(COc2ccc(C(C)=O)cc2C)CCCc2cc(I)ccc21. The molecule has 0 aromatic heterocycles. The Bertz CT molecular complexity index is 797. The molecule has 2 aromatic carbocycles. The molecule has 1 aliphatic carbocycles. The van der Waals surface area contributed by atoms with Crippen molar-refractivity contribution in [3.63, 3.8) is 0 Å². The van der Waals surface area contributed by atoms with Gasteiger partial charge in [0.2, 0.25) is 0 Å². The summed E-state index contributed by atoms with van der Waals surface area (Å²) in [5.74, 6) is 0.978. The van der Waals surface area contributed by atoms with Gasteiger partial charge in [0.1, 0.15) is 5.75 Å². The largest absolute Gasteiger partial charge is 0.492 e. The first-order chi connectivity index (χ1) is 11.9. The summed E-state index contributed by atoms with van der Waals surface area (Å²) >= 11 is 2.39. The Hall–Kier alpha value is -1.36. The van der Waals surface area contributed by atoms with Crippen LogP contribution in [0.3, 0.4) is 0 Å². The van der Waals surface area contributed by atoms with Gasteiger partial charge in [-0.05, 0) is 109 Å². The Balaban J connectivity index is 1.86. The molecular formula is C22H25IO2. The summed E-state index contributed by atoms with van der Waals surface area (Å²) in [6, 6.07) is 12.6. The lowest BCUT2D eigenvalue weighted by molar-refractivity contribution is 0.101. The highest BCUT2D eigenvalue weighted by Gasteiger charge is 2.36. The van der Waals surface area contributed by atoms with Gasteiger partial charge in [-0.1, -0.05) is 13.0 Å². The topological polar surface area (TPSA) is 26.3 Å². The maximum atomic E-state index is 11.5. The average molecular weight is 448 g/mol. The standard InChI is InChI=1S/C22H25IO2/c1-4-22(11-5-6-18-13-19(23)8-9-20(18)22)14-25-21-10-7-17(16(3)24)12-15(21)2/h7-10,12-13H,4-6,11,14H2,1-3H3/t22-/m1/s1. The summed E-state index contributed by atoms with van der Waals surface area (Å²) in [7, 11) is 0. The number of ketones is 1. The lowest BCUT2D eigenvalue weighted by Gasteiger charge is -2.38. The number of aryl methyl sites for hydroxylation is 2. The predicted octanol–water partition coefficient (Wildman–Crippen LogP) is 5.87. The summed E-state index contributed by atoms with van der Waals surface area (Å²) in [4.78, 5) is 11.5. The Kier molecular flexibility index (Phi) is 5.52. The number of halogens is 1. The number of carbonyl (C=O) groups is 1. The van der Waals surface area contributed by atoms with E-state index in [-0.39, 0.29) is 11.2 Å². The number of rotatable bonds is 5. The minimum Gasteiger partial charge on any atom is -0.492 e. The molecule has 0 N–H and O–H groups in total. The molecule has 3 heteroatoms. The van der Waals surface area contributed by atoms with Gasteiger partial charge in [-0.25, -0.2) is 0 Å². The van der Waals surface area contributed by atoms with E-state index in [9.17, 15) is 4.79 Å². The monoisotopic (exact) mass is 448 g/mol. The van der Waals surface area contributed by atoms with Crippen molar-refractivity contribution in [2.45, 2.75) is 51.9 Å². The van der Waals surface area contributed by atoms with Gasteiger partial charge in [0.15, 0.2) is 5.78 Å². The molecule has 0 saturated heterocycles. The van der Waals surface area contributed by atoms with Crippen LogP contribution < -0.4 is 4.74 Å². The number of ether oxygens (including phenoxy) is 1. The van der Waals surface area contributed by atoms with E-state index >= 15 is 0 Å². The first kappa shape index (κ1) is 18.4. The summed E-state index contributed by atoms with van der Waals surface area (Å²) in [6.07, 6.45) is 4.62. The van der Waals surface area contributed by atoms with Crippen LogP contribution in [-0.4, -0.2) is 12.4 Å². The lowest BCUT2D eigenvalue weighted by Crippen LogP contribution is -2.36. The lowest BCUT2D eigenvalue weighted by atomic mass is 9.69. The minimum atomic E-state index is 0.0869. The van der Waals surface area contributed by atoms with Crippen LogP contribution in [-0.2, 0) is 11.8 Å². The van der Waals surface area contributed by atoms with E-state index in [4.69, 9.17) is 4.74 Å². The molecule has 0 bridgehead atoms. The van der Waals surface area contributed by atoms with Crippen molar-refractivity contribution in [2.75, 3.05) is 6.61 Å². The molecule has 3 rings (SSSR count). The zero-order valence-electron chi connectivity index (χ0n) is 15.2. The molecule has 2 nitrogen and oxygen atoms in total. The maximum Gasteiger partial charge on any atom is 0.159 e. The van der Waals surface area contributed by atoms with E-state index in [1.807, 2.05) is 25.1 Å². The smallest absolute Gasteiger partial charge is 0.159 e. The first-order valence-electron chi connectivity index (χ1n) is 8.98. The van der Waals surface area contributed by atoms with Crippen LogP contribution in [0.25, 0.3) is 0 Å². The molecule has 0 aliphatic heterocycles. The second kappa shape index (κ2) is 7.48. The molecule has 0 radical (unpaired) electrons. The van der Waals surface area contributed by atoms with Gasteiger partial charge in [-0.15, -0.1) is 0 Å². The Morgan fingerprint density at radius 1 is 1.24 bits per heavy atom. The fourth-order valence-electron chi connectivity index (χ4n) is 3.90. The van der Waals surface area contributed by atoms with Crippen molar-refractivity contribution in [3.05, 3.63) is 62.2 Å². The second-order valence-corrected chi connectivity index (χ2v) is 8.36. The van der Waals surface area contributed by atoms with Crippen molar-refractivity contribution in [3.8, 4) is 5.75 Å². The number of hydrogen-bond donors (Lipinski definition) is 0. The quantitative estimate of drug-likeness (QED) is 0.423. The van der Waals surface area contributed by atoms with Gasteiger partial charge in [-0.3, -0.25) is 4.79 Å². The third kappa shape index (κ3) is 3.76. The molecule has 0 saturated carbocycles. The Morgan fingerprint density at radius 3 is 2.72 bits per heavy atom. The molecule has 0 unspecified atom stereocenters. The zero-order chi connectivity index (χ0) is 18.0. The molecule has 0 fully saturated rings. The second-order valence-electron chi connectivity index (χ2n) is 7.11. The highest BCUT2D eigenvalue weighted by atomic mass is 127. The fraction of sp³-hybridized carbons (Fsp3) is 0.409. The number of fused-ring (bicyclic) bond motifs is 1. The third-order valence-electron chi connectivity index (χ3n) is 5.50. The number of hydrogen-bond acceptors (Lipinski definition) is 2. The number of benzene rings is 2. The van der Waals surface area contributed by atoms with Gasteiger partial charge in [0, 0.05) is 14.5 Å². The molecule has 1 atom stereocenters. The summed E-state index contributed by atoms with van der Waals surface area (Å²) < 4.78 is 7.58. The molecule has 0 spiro atoms. The fourth-order valence-corrected chi connectivity index (χ4v) is 4.46. The van der Waals surface area contributed by atoms with Crippen LogP contribution in [0.4, 0.5) is 0 Å². The van der Waals surface area contributed by atoms with Crippen LogP contribution in [0.2, 0.25) is 0 Å². The van der Waals surface area contributed by atoms with Gasteiger partial charge >= 0.3 is 0 Å². The summed E-state index contributed by atoms with van der Waals surface area (Å²) in [5.41, 5.74) is 4.79. The molecule has 0 heterocycles. The predicted molar refractivity (Wildman–Crippen MR) is 111 cm³/mol. The molecule has 1 aliphatic rings. The summed E-state index contributed by atoms with van der Waals surface area (Å²) in [5, 5.41) is 0. The van der Waals surface area contributed by atoms with Crippen molar-refractivity contribution in [1.82, 2.24) is 0 Å². The van der Waals surface area contributed by atoms with Gasteiger partial charge in [0.05, 0.1) is 6.61 Å². The van der Waals surface area contributed by atoms with Crippen molar-refractivity contribution < 1.29 is 9.53 Å². The van der Waals surface area contributed by atoms with Crippen molar-refractivity contribution in [2.24, 2.45) is 0 Å². The highest BCUT2D eigenvalue weighted by Crippen LogP contribution is 2.41. The van der Waals surface area contributed by atoms with Crippen LogP contribution in [0.1, 0.15) is 60.2 Å². The minimum absolute atomic E-state index is 0.0869.